The van der Waals surface area contributed by atoms with Crippen LogP contribution in [0.2, 0.25) is 0 Å². The van der Waals surface area contributed by atoms with Crippen LogP contribution in [0.4, 0.5) is 0 Å². The third kappa shape index (κ3) is 2.30. The maximum absolute atomic E-state index is 12.0. The SMILES string of the molecule is CC1CCN(C(=O)Cn2cccn2)C1C(=O)O. The minimum atomic E-state index is -0.927. The zero-order valence-electron chi connectivity index (χ0n) is 9.61. The first-order valence-corrected chi connectivity index (χ1v) is 5.59. The maximum atomic E-state index is 12.0. The fourth-order valence-electron chi connectivity index (χ4n) is 2.23. The molecule has 1 amide bonds. The summed E-state index contributed by atoms with van der Waals surface area (Å²) >= 11 is 0. The highest BCUT2D eigenvalue weighted by atomic mass is 16.4. The number of hydrogen-bond acceptors (Lipinski definition) is 3. The Hall–Kier alpha value is -1.85. The molecule has 2 unspecified atom stereocenters. The van der Waals surface area contributed by atoms with Gasteiger partial charge >= 0.3 is 5.97 Å². The molecule has 1 fully saturated rings. The number of carbonyl (C=O) groups excluding carboxylic acids is 1. The minimum Gasteiger partial charge on any atom is -0.480 e. The summed E-state index contributed by atoms with van der Waals surface area (Å²) in [6.07, 6.45) is 4.02. The molecular formula is C11H15N3O3. The number of carboxylic acids is 1. The fraction of sp³-hybridized carbons (Fsp3) is 0.545. The molecule has 17 heavy (non-hydrogen) atoms. The summed E-state index contributed by atoms with van der Waals surface area (Å²) in [7, 11) is 0. The summed E-state index contributed by atoms with van der Waals surface area (Å²) in [5.41, 5.74) is 0. The van der Waals surface area contributed by atoms with Crippen LogP contribution in [-0.4, -0.2) is 44.3 Å². The molecule has 2 rings (SSSR count). The number of carboxylic acid groups (broad SMARTS) is 1. The summed E-state index contributed by atoms with van der Waals surface area (Å²) in [6, 6.07) is 1.03. The van der Waals surface area contributed by atoms with Crippen molar-refractivity contribution in [2.45, 2.75) is 25.9 Å². The molecule has 1 aliphatic heterocycles. The Balaban J connectivity index is 2.06. The van der Waals surface area contributed by atoms with Crippen molar-refractivity contribution in [3.8, 4) is 0 Å². The van der Waals surface area contributed by atoms with Crippen LogP contribution in [0, 0.1) is 5.92 Å². The van der Waals surface area contributed by atoms with E-state index in [9.17, 15) is 9.59 Å². The number of aromatic nitrogens is 2. The van der Waals surface area contributed by atoms with Crippen molar-refractivity contribution in [2.75, 3.05) is 6.54 Å². The van der Waals surface area contributed by atoms with Crippen molar-refractivity contribution in [3.05, 3.63) is 18.5 Å². The Morgan fingerprint density at radius 2 is 2.29 bits per heavy atom. The molecule has 6 nitrogen and oxygen atoms in total. The van der Waals surface area contributed by atoms with Gasteiger partial charge in [-0.1, -0.05) is 6.92 Å². The van der Waals surface area contributed by atoms with Gasteiger partial charge in [0.1, 0.15) is 12.6 Å². The number of hydrogen-bond donors (Lipinski definition) is 1. The van der Waals surface area contributed by atoms with E-state index in [-0.39, 0.29) is 18.4 Å². The molecule has 1 N–H and O–H groups in total. The van der Waals surface area contributed by atoms with E-state index in [1.165, 1.54) is 9.58 Å². The van der Waals surface area contributed by atoms with Gasteiger partial charge in [-0.15, -0.1) is 0 Å². The summed E-state index contributed by atoms with van der Waals surface area (Å²) in [5.74, 6) is -1.11. The predicted octanol–water partition coefficient (Wildman–Crippen LogP) is 0.205. The third-order valence-electron chi connectivity index (χ3n) is 3.13. The highest BCUT2D eigenvalue weighted by Gasteiger charge is 2.39. The van der Waals surface area contributed by atoms with Crippen LogP contribution < -0.4 is 0 Å². The van der Waals surface area contributed by atoms with E-state index < -0.39 is 12.0 Å². The van der Waals surface area contributed by atoms with Crippen molar-refractivity contribution in [1.29, 1.82) is 0 Å². The van der Waals surface area contributed by atoms with Gasteiger partial charge in [0.05, 0.1) is 0 Å². The summed E-state index contributed by atoms with van der Waals surface area (Å²) in [4.78, 5) is 24.5. The van der Waals surface area contributed by atoms with Gasteiger partial charge in [-0.2, -0.15) is 5.10 Å². The normalized spacial score (nSPS) is 23.9. The van der Waals surface area contributed by atoms with Gasteiger partial charge in [0.2, 0.25) is 5.91 Å². The van der Waals surface area contributed by atoms with Crippen molar-refractivity contribution in [1.82, 2.24) is 14.7 Å². The Bertz CT molecular complexity index is 416. The van der Waals surface area contributed by atoms with Gasteiger partial charge in [-0.3, -0.25) is 9.48 Å². The van der Waals surface area contributed by atoms with Gasteiger partial charge in [0, 0.05) is 18.9 Å². The Labute approximate surface area is 98.8 Å². The Kier molecular flexibility index (Phi) is 3.12. The lowest BCUT2D eigenvalue weighted by molar-refractivity contribution is -0.149. The second-order valence-corrected chi connectivity index (χ2v) is 4.34. The second-order valence-electron chi connectivity index (χ2n) is 4.34. The Morgan fingerprint density at radius 3 is 2.88 bits per heavy atom. The van der Waals surface area contributed by atoms with Crippen LogP contribution in [0.5, 0.6) is 0 Å². The summed E-state index contributed by atoms with van der Waals surface area (Å²) < 4.78 is 1.50. The lowest BCUT2D eigenvalue weighted by atomic mass is 10.0. The van der Waals surface area contributed by atoms with E-state index in [1.807, 2.05) is 6.92 Å². The summed E-state index contributed by atoms with van der Waals surface area (Å²) in [5, 5.41) is 13.1. The average molecular weight is 237 g/mol. The lowest BCUT2D eigenvalue weighted by Crippen LogP contribution is -2.44. The Morgan fingerprint density at radius 1 is 1.53 bits per heavy atom. The van der Waals surface area contributed by atoms with Gasteiger partial charge < -0.3 is 10.0 Å². The quantitative estimate of drug-likeness (QED) is 0.815. The van der Waals surface area contributed by atoms with E-state index >= 15 is 0 Å². The van der Waals surface area contributed by atoms with Crippen molar-refractivity contribution in [2.24, 2.45) is 5.92 Å². The third-order valence-corrected chi connectivity index (χ3v) is 3.13. The average Bonchev–Trinajstić information content (AvgIpc) is 2.86. The van der Waals surface area contributed by atoms with Gasteiger partial charge in [0.25, 0.3) is 0 Å². The van der Waals surface area contributed by atoms with Gasteiger partial charge in [-0.25, -0.2) is 4.79 Å². The molecule has 2 atom stereocenters. The van der Waals surface area contributed by atoms with Crippen LogP contribution in [0.15, 0.2) is 18.5 Å². The number of amides is 1. The van der Waals surface area contributed by atoms with E-state index in [2.05, 4.69) is 5.10 Å². The van der Waals surface area contributed by atoms with Crippen molar-refractivity contribution < 1.29 is 14.7 Å². The number of rotatable bonds is 3. The molecule has 0 aliphatic carbocycles. The molecule has 1 aromatic rings. The molecule has 1 aliphatic rings. The number of aliphatic carboxylic acids is 1. The molecule has 0 aromatic carbocycles. The molecule has 0 bridgehead atoms. The van der Waals surface area contributed by atoms with E-state index in [0.717, 1.165) is 6.42 Å². The lowest BCUT2D eigenvalue weighted by Gasteiger charge is -2.23. The molecule has 0 saturated carbocycles. The van der Waals surface area contributed by atoms with Crippen LogP contribution in [0.3, 0.4) is 0 Å². The molecule has 6 heteroatoms. The van der Waals surface area contributed by atoms with Crippen molar-refractivity contribution in [3.63, 3.8) is 0 Å². The number of carbonyl (C=O) groups is 2. The van der Waals surface area contributed by atoms with Gasteiger partial charge in [-0.05, 0) is 18.4 Å². The van der Waals surface area contributed by atoms with E-state index in [4.69, 9.17) is 5.11 Å². The monoisotopic (exact) mass is 237 g/mol. The highest BCUT2D eigenvalue weighted by Crippen LogP contribution is 2.24. The standard InChI is InChI=1S/C11H15N3O3/c1-8-3-6-14(10(8)11(16)17)9(15)7-13-5-2-4-12-13/h2,4-5,8,10H,3,6-7H2,1H3,(H,16,17). The van der Waals surface area contributed by atoms with Crippen molar-refractivity contribution >= 4 is 11.9 Å². The first-order valence-electron chi connectivity index (χ1n) is 5.59. The topological polar surface area (TPSA) is 75.4 Å². The fourth-order valence-corrected chi connectivity index (χ4v) is 2.23. The largest absolute Gasteiger partial charge is 0.480 e. The maximum Gasteiger partial charge on any atom is 0.326 e. The van der Waals surface area contributed by atoms with Crippen LogP contribution >= 0.6 is 0 Å². The first kappa shape index (κ1) is 11.6. The number of nitrogens with zero attached hydrogens (tertiary/aromatic N) is 3. The zero-order valence-corrected chi connectivity index (χ0v) is 9.61. The highest BCUT2D eigenvalue weighted by molar-refractivity contribution is 5.84. The number of likely N-dealkylation sites (tertiary alicyclic amines) is 1. The van der Waals surface area contributed by atoms with E-state index in [1.54, 1.807) is 18.5 Å². The molecule has 0 spiro atoms. The molecule has 92 valence electrons. The smallest absolute Gasteiger partial charge is 0.326 e. The molecule has 1 aromatic heterocycles. The van der Waals surface area contributed by atoms with E-state index in [0.29, 0.717) is 6.54 Å². The zero-order chi connectivity index (χ0) is 12.4. The molecular weight excluding hydrogens is 222 g/mol. The van der Waals surface area contributed by atoms with Crippen LogP contribution in [0.25, 0.3) is 0 Å². The van der Waals surface area contributed by atoms with Crippen LogP contribution in [-0.2, 0) is 16.1 Å². The van der Waals surface area contributed by atoms with Gasteiger partial charge in [0.15, 0.2) is 0 Å². The molecule has 2 heterocycles. The summed E-state index contributed by atoms with van der Waals surface area (Å²) in [6.45, 7) is 2.47. The first-order chi connectivity index (χ1) is 8.09. The second kappa shape index (κ2) is 4.57. The molecule has 1 saturated heterocycles. The minimum absolute atomic E-state index is 0.00840. The predicted molar refractivity (Wildman–Crippen MR) is 59.1 cm³/mol. The van der Waals surface area contributed by atoms with Crippen LogP contribution in [0.1, 0.15) is 13.3 Å². The molecule has 0 radical (unpaired) electrons.